The van der Waals surface area contributed by atoms with Crippen molar-refractivity contribution in [1.82, 2.24) is 0 Å². The van der Waals surface area contributed by atoms with Gasteiger partial charge in [-0.3, -0.25) is 19.2 Å². The Morgan fingerprint density at radius 3 is 1.09 bits per heavy atom. The average Bonchev–Trinajstić information content (AvgIpc) is 2.82. The van der Waals surface area contributed by atoms with E-state index in [1.807, 2.05) is 0 Å². The van der Waals surface area contributed by atoms with Gasteiger partial charge >= 0.3 is 0 Å². The lowest BCUT2D eigenvalue weighted by molar-refractivity contribution is 0.0954. The van der Waals surface area contributed by atoms with Crippen LogP contribution in [0.5, 0.6) is 0 Å². The summed E-state index contributed by atoms with van der Waals surface area (Å²) in [5.41, 5.74) is 2.17. The van der Waals surface area contributed by atoms with Gasteiger partial charge in [-0.25, -0.2) is 0 Å². The fourth-order valence-corrected chi connectivity index (χ4v) is 5.81. The summed E-state index contributed by atoms with van der Waals surface area (Å²) in [4.78, 5) is 51.7. The van der Waals surface area contributed by atoms with Crippen molar-refractivity contribution in [3.05, 3.63) is 92.0 Å². The number of ketones is 4. The van der Waals surface area contributed by atoms with E-state index in [1.165, 1.54) is 0 Å². The Morgan fingerprint density at radius 1 is 0.500 bits per heavy atom. The van der Waals surface area contributed by atoms with Gasteiger partial charge in [0.2, 0.25) is 11.6 Å². The molecule has 0 amide bonds. The topological polar surface area (TPSA) is 68.3 Å². The van der Waals surface area contributed by atoms with Crippen LogP contribution >= 0.6 is 23.2 Å². The summed E-state index contributed by atoms with van der Waals surface area (Å²) in [7, 11) is 0. The second-order valence-corrected chi connectivity index (χ2v) is 9.17. The van der Waals surface area contributed by atoms with Crippen LogP contribution in [0.4, 0.5) is 0 Å². The number of benzene rings is 2. The van der Waals surface area contributed by atoms with Gasteiger partial charge in [0, 0.05) is 33.4 Å². The number of fused-ring (bicyclic) bond motifs is 2. The minimum atomic E-state index is -0.325. The highest BCUT2D eigenvalue weighted by atomic mass is 35.5. The zero-order chi connectivity index (χ0) is 22.6. The lowest BCUT2D eigenvalue weighted by Gasteiger charge is -2.33. The molecule has 3 aliphatic rings. The highest BCUT2D eigenvalue weighted by Crippen LogP contribution is 2.44. The molecule has 3 aliphatic carbocycles. The molecule has 0 N–H and O–H groups in total. The maximum absolute atomic E-state index is 13.1. The van der Waals surface area contributed by atoms with E-state index >= 15 is 0 Å². The van der Waals surface area contributed by atoms with E-state index in [1.54, 1.807) is 48.5 Å². The van der Waals surface area contributed by atoms with E-state index in [4.69, 9.17) is 23.2 Å². The maximum atomic E-state index is 13.1. The van der Waals surface area contributed by atoms with E-state index in [-0.39, 0.29) is 45.0 Å². The van der Waals surface area contributed by atoms with E-state index in [2.05, 4.69) is 0 Å². The van der Waals surface area contributed by atoms with Crippen LogP contribution in [-0.2, 0) is 0 Å². The first-order valence-electron chi connectivity index (χ1n) is 10.6. The summed E-state index contributed by atoms with van der Waals surface area (Å²) in [5.74, 6) is -1.41. The number of rotatable bonds is 2. The summed E-state index contributed by atoms with van der Waals surface area (Å²) in [6, 6.07) is 13.4. The lowest BCUT2D eigenvalue weighted by atomic mass is 9.70. The predicted molar refractivity (Wildman–Crippen MR) is 121 cm³/mol. The number of carbonyl (C=O) groups is 4. The Kier molecular flexibility index (Phi) is 5.23. The summed E-state index contributed by atoms with van der Waals surface area (Å²) in [6.45, 7) is 0. The third-order valence-electron chi connectivity index (χ3n) is 6.74. The predicted octanol–water partition coefficient (Wildman–Crippen LogP) is 5.94. The molecule has 0 radical (unpaired) electrons. The highest BCUT2D eigenvalue weighted by molar-refractivity contribution is 6.50. The van der Waals surface area contributed by atoms with E-state index < -0.39 is 0 Å². The summed E-state index contributed by atoms with van der Waals surface area (Å²) in [5, 5.41) is -0.0144. The SMILES string of the molecule is O=C1C(Cl)=C(C2CCC(C3=C(Cl)C(=O)c4ccccc4C3=O)CC2)C(=O)c2ccccc21. The Morgan fingerprint density at radius 2 is 0.781 bits per heavy atom. The fourth-order valence-electron chi connectivity index (χ4n) is 5.13. The minimum Gasteiger partial charge on any atom is -0.289 e. The van der Waals surface area contributed by atoms with Gasteiger partial charge in [0.05, 0.1) is 10.1 Å². The molecule has 0 atom stereocenters. The lowest BCUT2D eigenvalue weighted by Crippen LogP contribution is -2.30. The zero-order valence-electron chi connectivity index (χ0n) is 17.0. The number of halogens is 2. The molecule has 0 aromatic heterocycles. The molecular formula is C26H18Cl2O4. The van der Waals surface area contributed by atoms with E-state index in [9.17, 15) is 19.2 Å². The van der Waals surface area contributed by atoms with Gasteiger partial charge in [0.15, 0.2) is 11.6 Å². The molecule has 0 heterocycles. The minimum absolute atomic E-state index is 0.00718. The van der Waals surface area contributed by atoms with Crippen molar-refractivity contribution in [2.24, 2.45) is 11.8 Å². The van der Waals surface area contributed by atoms with Crippen molar-refractivity contribution in [2.75, 3.05) is 0 Å². The van der Waals surface area contributed by atoms with Gasteiger partial charge in [-0.1, -0.05) is 71.7 Å². The number of allylic oxidation sites excluding steroid dienone is 4. The van der Waals surface area contributed by atoms with Gasteiger partial charge in [-0.05, 0) is 37.5 Å². The van der Waals surface area contributed by atoms with Gasteiger partial charge in [0.1, 0.15) is 0 Å². The number of Topliss-reactive ketones (excluding diaryl/α,β-unsaturated/α-hetero) is 4. The molecule has 1 fully saturated rings. The van der Waals surface area contributed by atoms with Gasteiger partial charge in [-0.2, -0.15) is 0 Å². The summed E-state index contributed by atoms with van der Waals surface area (Å²) >= 11 is 12.8. The first kappa shape index (κ1) is 21.0. The highest BCUT2D eigenvalue weighted by Gasteiger charge is 2.40. The smallest absolute Gasteiger partial charge is 0.205 e. The van der Waals surface area contributed by atoms with Crippen molar-refractivity contribution in [1.29, 1.82) is 0 Å². The maximum Gasteiger partial charge on any atom is 0.205 e. The quantitative estimate of drug-likeness (QED) is 0.551. The standard InChI is InChI=1S/C26H18Cl2O4/c27-21-19(23(29)15-5-1-3-7-17(15)25(21)31)13-9-11-14(12-10-13)20-22(28)26(32)18-8-4-2-6-16(18)24(20)30/h1-8,13-14H,9-12H2. The third-order valence-corrected chi connectivity index (χ3v) is 7.49. The van der Waals surface area contributed by atoms with Crippen LogP contribution in [0.15, 0.2) is 69.7 Å². The van der Waals surface area contributed by atoms with Gasteiger partial charge in [-0.15, -0.1) is 0 Å². The summed E-state index contributed by atoms with van der Waals surface area (Å²) < 4.78 is 0. The number of hydrogen-bond acceptors (Lipinski definition) is 4. The number of hydrogen-bond donors (Lipinski definition) is 0. The molecular weight excluding hydrogens is 447 g/mol. The molecule has 0 aliphatic heterocycles. The second kappa shape index (κ2) is 7.95. The molecule has 4 nitrogen and oxygen atoms in total. The van der Waals surface area contributed by atoms with E-state index in [0.29, 0.717) is 59.1 Å². The molecule has 160 valence electrons. The average molecular weight is 465 g/mol. The zero-order valence-corrected chi connectivity index (χ0v) is 18.5. The van der Waals surface area contributed by atoms with Crippen LogP contribution in [0.1, 0.15) is 67.1 Å². The second-order valence-electron chi connectivity index (χ2n) is 8.41. The molecule has 0 spiro atoms. The Labute approximate surface area is 194 Å². The first-order chi connectivity index (χ1) is 15.4. The van der Waals surface area contributed by atoms with Crippen molar-refractivity contribution in [3.8, 4) is 0 Å². The van der Waals surface area contributed by atoms with Crippen molar-refractivity contribution in [3.63, 3.8) is 0 Å². The largest absolute Gasteiger partial charge is 0.289 e. The molecule has 6 heteroatoms. The van der Waals surface area contributed by atoms with Crippen LogP contribution in [0.25, 0.3) is 0 Å². The molecule has 2 aromatic carbocycles. The van der Waals surface area contributed by atoms with Crippen LogP contribution in [0.3, 0.4) is 0 Å². The van der Waals surface area contributed by atoms with Crippen molar-refractivity contribution < 1.29 is 19.2 Å². The van der Waals surface area contributed by atoms with Crippen LogP contribution in [0.2, 0.25) is 0 Å². The molecule has 2 aromatic rings. The van der Waals surface area contributed by atoms with Crippen LogP contribution in [0, 0.1) is 11.8 Å². The Balaban J connectivity index is 1.41. The fraction of sp³-hybridized carbons (Fsp3) is 0.231. The van der Waals surface area contributed by atoms with Gasteiger partial charge < -0.3 is 0 Å². The third kappa shape index (κ3) is 3.13. The molecule has 0 unspecified atom stereocenters. The summed E-state index contributed by atoms with van der Waals surface area (Å²) in [6.07, 6.45) is 2.31. The first-order valence-corrected chi connectivity index (χ1v) is 11.3. The molecule has 0 saturated heterocycles. The van der Waals surface area contributed by atoms with Crippen molar-refractivity contribution in [2.45, 2.75) is 25.7 Å². The van der Waals surface area contributed by atoms with Gasteiger partial charge in [0.25, 0.3) is 0 Å². The van der Waals surface area contributed by atoms with Crippen molar-refractivity contribution >= 4 is 46.3 Å². The van der Waals surface area contributed by atoms with Crippen LogP contribution in [-0.4, -0.2) is 23.1 Å². The Bertz CT molecular complexity index is 1180. The molecule has 1 saturated carbocycles. The van der Waals surface area contributed by atoms with E-state index in [0.717, 1.165) is 0 Å². The Hall–Kier alpha value is -2.82. The number of carbonyl (C=O) groups excluding carboxylic acids is 4. The molecule has 5 rings (SSSR count). The monoisotopic (exact) mass is 464 g/mol. The molecule has 32 heavy (non-hydrogen) atoms. The van der Waals surface area contributed by atoms with Crippen LogP contribution < -0.4 is 0 Å². The normalized spacial score (nSPS) is 23.4. The molecule has 0 bridgehead atoms.